The van der Waals surface area contributed by atoms with Crippen LogP contribution in [0.4, 0.5) is 0 Å². The number of hydrogen-bond acceptors (Lipinski definition) is 4. The minimum atomic E-state index is -0.301. The van der Waals surface area contributed by atoms with Crippen molar-refractivity contribution in [3.8, 4) is 0 Å². The first kappa shape index (κ1) is 8.99. The van der Waals surface area contributed by atoms with E-state index in [4.69, 9.17) is 0 Å². The lowest BCUT2D eigenvalue weighted by Crippen LogP contribution is -2.49. The van der Waals surface area contributed by atoms with Gasteiger partial charge in [0, 0.05) is 13.1 Å². The van der Waals surface area contributed by atoms with Crippen LogP contribution in [0.25, 0.3) is 0 Å². The average Bonchev–Trinajstić information content (AvgIpc) is 2.04. The van der Waals surface area contributed by atoms with Gasteiger partial charge in [0.25, 0.3) is 0 Å². The molecular weight excluding hydrogens is 160 g/mol. The summed E-state index contributed by atoms with van der Waals surface area (Å²) in [6.45, 7) is 1.80. The molecule has 0 saturated carbocycles. The van der Waals surface area contributed by atoms with E-state index in [1.165, 1.54) is 7.11 Å². The largest absolute Gasteiger partial charge is 0.468 e. The molecule has 0 aromatic rings. The Labute approximate surface area is 70.7 Å². The number of carbonyl (C=O) groups excluding carboxylic acids is 2. The van der Waals surface area contributed by atoms with Crippen molar-refractivity contribution < 1.29 is 14.3 Å². The van der Waals surface area contributed by atoms with E-state index >= 15 is 0 Å². The third-order valence-corrected chi connectivity index (χ3v) is 1.70. The van der Waals surface area contributed by atoms with E-state index < -0.39 is 0 Å². The molecule has 5 heteroatoms. The Hall–Kier alpha value is -1.10. The maximum atomic E-state index is 10.8. The fourth-order valence-electron chi connectivity index (χ4n) is 1.07. The van der Waals surface area contributed by atoms with Crippen LogP contribution in [0, 0.1) is 0 Å². The maximum Gasteiger partial charge on any atom is 0.319 e. The van der Waals surface area contributed by atoms with Gasteiger partial charge in [0.15, 0.2) is 0 Å². The summed E-state index contributed by atoms with van der Waals surface area (Å²) in [5, 5.41) is 2.67. The van der Waals surface area contributed by atoms with Gasteiger partial charge in [-0.25, -0.2) is 0 Å². The molecule has 0 aliphatic carbocycles. The fraction of sp³-hybridized carbons (Fsp3) is 0.714. The normalized spacial score (nSPS) is 18.6. The minimum absolute atomic E-state index is 0.0369. The number of rotatable bonds is 2. The Kier molecular flexibility index (Phi) is 3.04. The van der Waals surface area contributed by atoms with Crippen molar-refractivity contribution in [2.24, 2.45) is 0 Å². The van der Waals surface area contributed by atoms with E-state index in [1.54, 1.807) is 4.90 Å². The number of nitrogens with zero attached hydrogens (tertiary/aromatic N) is 1. The first-order chi connectivity index (χ1) is 5.72. The summed E-state index contributed by atoms with van der Waals surface area (Å²) < 4.78 is 4.48. The van der Waals surface area contributed by atoms with Crippen LogP contribution < -0.4 is 5.32 Å². The first-order valence-corrected chi connectivity index (χ1v) is 3.78. The molecule has 0 aromatic carbocycles. The highest BCUT2D eigenvalue weighted by Crippen LogP contribution is 1.93. The van der Waals surface area contributed by atoms with Crippen molar-refractivity contribution in [1.29, 1.82) is 0 Å². The quantitative estimate of drug-likeness (QED) is 0.520. The van der Waals surface area contributed by atoms with Crippen LogP contribution in [-0.4, -0.2) is 50.1 Å². The van der Waals surface area contributed by atoms with E-state index in [2.05, 4.69) is 10.1 Å². The van der Waals surface area contributed by atoms with E-state index in [0.717, 1.165) is 0 Å². The van der Waals surface area contributed by atoms with E-state index in [9.17, 15) is 9.59 Å². The summed E-state index contributed by atoms with van der Waals surface area (Å²) in [6.07, 6.45) is 0. The zero-order valence-corrected chi connectivity index (χ0v) is 7.00. The molecule has 0 atom stereocenters. The molecule has 1 N–H and O–H groups in total. The maximum absolute atomic E-state index is 10.8. The Morgan fingerprint density at radius 2 is 2.50 bits per heavy atom. The van der Waals surface area contributed by atoms with Crippen molar-refractivity contribution in [2.45, 2.75) is 0 Å². The molecule has 1 fully saturated rings. The molecule has 1 aliphatic heterocycles. The molecule has 1 heterocycles. The molecule has 1 rings (SSSR count). The van der Waals surface area contributed by atoms with Crippen LogP contribution >= 0.6 is 0 Å². The van der Waals surface area contributed by atoms with Gasteiger partial charge in [0.2, 0.25) is 5.91 Å². The molecule has 1 aliphatic rings. The van der Waals surface area contributed by atoms with Crippen LogP contribution in [0.5, 0.6) is 0 Å². The van der Waals surface area contributed by atoms with Gasteiger partial charge in [-0.2, -0.15) is 0 Å². The summed E-state index contributed by atoms with van der Waals surface area (Å²) in [5.74, 6) is -0.338. The first-order valence-electron chi connectivity index (χ1n) is 3.78. The third-order valence-electron chi connectivity index (χ3n) is 1.70. The zero-order valence-electron chi connectivity index (χ0n) is 7.00. The topological polar surface area (TPSA) is 58.6 Å². The number of esters is 1. The Morgan fingerprint density at radius 3 is 3.08 bits per heavy atom. The van der Waals surface area contributed by atoms with Crippen molar-refractivity contribution in [3.05, 3.63) is 0 Å². The molecule has 12 heavy (non-hydrogen) atoms. The molecule has 0 radical (unpaired) electrons. The Balaban J connectivity index is 2.32. The van der Waals surface area contributed by atoms with E-state index in [1.807, 2.05) is 0 Å². The summed E-state index contributed by atoms with van der Waals surface area (Å²) in [5.41, 5.74) is 0. The molecule has 68 valence electrons. The van der Waals surface area contributed by atoms with E-state index in [0.29, 0.717) is 13.1 Å². The number of carbonyl (C=O) groups is 2. The van der Waals surface area contributed by atoms with Gasteiger partial charge in [-0.3, -0.25) is 14.5 Å². The van der Waals surface area contributed by atoms with Crippen LogP contribution in [0.3, 0.4) is 0 Å². The molecule has 1 saturated heterocycles. The Bertz CT molecular complexity index is 193. The summed E-state index contributed by atoms with van der Waals surface area (Å²) >= 11 is 0. The van der Waals surface area contributed by atoms with Crippen molar-refractivity contribution >= 4 is 11.9 Å². The van der Waals surface area contributed by atoms with Crippen LogP contribution in [-0.2, 0) is 14.3 Å². The monoisotopic (exact) mass is 172 g/mol. The second kappa shape index (κ2) is 4.06. The number of nitrogens with one attached hydrogen (secondary N) is 1. The zero-order chi connectivity index (χ0) is 8.97. The summed E-state index contributed by atoms with van der Waals surface area (Å²) in [4.78, 5) is 23.4. The van der Waals surface area contributed by atoms with Gasteiger partial charge in [-0.05, 0) is 0 Å². The van der Waals surface area contributed by atoms with Crippen LogP contribution in [0.2, 0.25) is 0 Å². The molecule has 0 aromatic heterocycles. The number of hydrogen-bond donors (Lipinski definition) is 1. The van der Waals surface area contributed by atoms with Gasteiger partial charge in [-0.1, -0.05) is 0 Å². The standard InChI is InChI=1S/C7H12N2O3/c1-12-7(11)5-9-3-2-8-6(10)4-9/h2-5H2,1H3,(H,8,10). The number of piperazine rings is 1. The van der Waals surface area contributed by atoms with Crippen LogP contribution in [0.15, 0.2) is 0 Å². The van der Waals surface area contributed by atoms with Gasteiger partial charge in [-0.15, -0.1) is 0 Å². The van der Waals surface area contributed by atoms with Crippen molar-refractivity contribution in [3.63, 3.8) is 0 Å². The van der Waals surface area contributed by atoms with Crippen LogP contribution in [0.1, 0.15) is 0 Å². The number of ether oxygens (including phenoxy) is 1. The predicted molar refractivity (Wildman–Crippen MR) is 41.5 cm³/mol. The van der Waals surface area contributed by atoms with Crippen molar-refractivity contribution in [2.75, 3.05) is 33.3 Å². The second-order valence-electron chi connectivity index (χ2n) is 2.64. The highest BCUT2D eigenvalue weighted by molar-refractivity contribution is 5.80. The SMILES string of the molecule is COC(=O)CN1CCNC(=O)C1. The van der Waals surface area contributed by atoms with Gasteiger partial charge < -0.3 is 10.1 Å². The highest BCUT2D eigenvalue weighted by atomic mass is 16.5. The lowest BCUT2D eigenvalue weighted by atomic mass is 10.3. The molecule has 5 nitrogen and oxygen atoms in total. The molecule has 0 spiro atoms. The van der Waals surface area contributed by atoms with Crippen molar-refractivity contribution in [1.82, 2.24) is 10.2 Å². The molecule has 0 bridgehead atoms. The number of amides is 1. The molecule has 0 unspecified atom stereocenters. The van der Waals surface area contributed by atoms with E-state index in [-0.39, 0.29) is 25.0 Å². The minimum Gasteiger partial charge on any atom is -0.468 e. The second-order valence-corrected chi connectivity index (χ2v) is 2.64. The number of methoxy groups -OCH3 is 1. The smallest absolute Gasteiger partial charge is 0.319 e. The lowest BCUT2D eigenvalue weighted by Gasteiger charge is -2.24. The summed E-state index contributed by atoms with van der Waals surface area (Å²) in [6, 6.07) is 0. The Morgan fingerprint density at radius 1 is 1.75 bits per heavy atom. The molecule has 1 amide bonds. The highest BCUT2D eigenvalue weighted by Gasteiger charge is 2.18. The third kappa shape index (κ3) is 2.50. The molecular formula is C7H12N2O3. The van der Waals surface area contributed by atoms with Gasteiger partial charge >= 0.3 is 5.97 Å². The fourth-order valence-corrected chi connectivity index (χ4v) is 1.07. The van der Waals surface area contributed by atoms with Gasteiger partial charge in [0.1, 0.15) is 0 Å². The predicted octanol–water partition coefficient (Wildman–Crippen LogP) is -1.41. The lowest BCUT2D eigenvalue weighted by molar-refractivity contribution is -0.142. The van der Waals surface area contributed by atoms with Gasteiger partial charge in [0.05, 0.1) is 20.2 Å². The summed E-state index contributed by atoms with van der Waals surface area (Å²) in [7, 11) is 1.34. The average molecular weight is 172 g/mol.